The van der Waals surface area contributed by atoms with Crippen molar-refractivity contribution in [3.8, 4) is 5.75 Å². The second kappa shape index (κ2) is 9.45. The van der Waals surface area contributed by atoms with E-state index in [1.807, 2.05) is 31.2 Å². The van der Waals surface area contributed by atoms with Crippen LogP contribution in [-0.4, -0.2) is 21.4 Å². The first-order chi connectivity index (χ1) is 14.7. The Labute approximate surface area is 188 Å². The van der Waals surface area contributed by atoms with Crippen LogP contribution in [0.2, 0.25) is 0 Å². The number of thiol groups is 1. The van der Waals surface area contributed by atoms with Crippen molar-refractivity contribution in [2.75, 3.05) is 11.8 Å². The molecule has 0 amide bonds. The fourth-order valence-electron chi connectivity index (χ4n) is 3.23. The highest BCUT2D eigenvalue weighted by Gasteiger charge is 2.22. The van der Waals surface area contributed by atoms with Crippen molar-refractivity contribution in [1.29, 1.82) is 5.41 Å². The van der Waals surface area contributed by atoms with Gasteiger partial charge in [-0.25, -0.2) is 8.42 Å². The highest BCUT2D eigenvalue weighted by Crippen LogP contribution is 2.33. The van der Waals surface area contributed by atoms with Crippen LogP contribution >= 0.6 is 12.6 Å². The lowest BCUT2D eigenvalue weighted by molar-refractivity contribution is 0.402. The number of benzene rings is 3. The normalized spacial score (nSPS) is 12.2. The van der Waals surface area contributed by atoms with E-state index < -0.39 is 10.0 Å². The van der Waals surface area contributed by atoms with E-state index in [-0.39, 0.29) is 21.7 Å². The van der Waals surface area contributed by atoms with Gasteiger partial charge in [-0.05, 0) is 48.2 Å². The van der Waals surface area contributed by atoms with E-state index in [1.165, 1.54) is 7.11 Å². The summed E-state index contributed by atoms with van der Waals surface area (Å²) in [7, 11) is -2.43. The fourth-order valence-corrected chi connectivity index (χ4v) is 5.01. The maximum atomic E-state index is 13.1. The van der Waals surface area contributed by atoms with Crippen LogP contribution in [0.1, 0.15) is 27.5 Å². The number of methoxy groups -OCH3 is 1. The number of ether oxygens (including phenoxy) is 1. The van der Waals surface area contributed by atoms with E-state index in [2.05, 4.69) is 4.72 Å². The maximum absolute atomic E-state index is 13.1. The van der Waals surface area contributed by atoms with Gasteiger partial charge >= 0.3 is 0 Å². The SMILES string of the molecule is COc1ccc(C)cc1S(=O)(=O)Nc1ccccc1C(S)Cc1ccc(C(=N)N)cc1. The molecular formula is C23H25N3O3S2. The number of hydrogen-bond donors (Lipinski definition) is 4. The first-order valence-electron chi connectivity index (χ1n) is 9.59. The van der Waals surface area contributed by atoms with Gasteiger partial charge in [0.15, 0.2) is 0 Å². The van der Waals surface area contributed by atoms with Gasteiger partial charge in [0.2, 0.25) is 0 Å². The van der Waals surface area contributed by atoms with Crippen LogP contribution in [0, 0.1) is 12.3 Å². The predicted molar refractivity (Wildman–Crippen MR) is 128 cm³/mol. The summed E-state index contributed by atoms with van der Waals surface area (Å²) in [5, 5.41) is 7.25. The Hall–Kier alpha value is -2.97. The van der Waals surface area contributed by atoms with Gasteiger partial charge in [-0.1, -0.05) is 48.5 Å². The first-order valence-corrected chi connectivity index (χ1v) is 11.6. The van der Waals surface area contributed by atoms with Gasteiger partial charge in [-0.15, -0.1) is 0 Å². The molecule has 0 saturated heterocycles. The summed E-state index contributed by atoms with van der Waals surface area (Å²) in [5.74, 6) is 0.295. The maximum Gasteiger partial charge on any atom is 0.265 e. The Kier molecular flexibility index (Phi) is 6.92. The number of nitrogen functional groups attached to an aromatic ring is 1. The van der Waals surface area contributed by atoms with Crippen LogP contribution in [-0.2, 0) is 16.4 Å². The van der Waals surface area contributed by atoms with Gasteiger partial charge in [0, 0.05) is 10.8 Å². The number of sulfonamides is 1. The average Bonchev–Trinajstić information content (AvgIpc) is 2.74. The van der Waals surface area contributed by atoms with Crippen LogP contribution in [0.5, 0.6) is 5.75 Å². The minimum Gasteiger partial charge on any atom is -0.495 e. The Bertz CT molecular complexity index is 1190. The number of amidine groups is 1. The van der Waals surface area contributed by atoms with Crippen molar-refractivity contribution < 1.29 is 13.2 Å². The third-order valence-corrected chi connectivity index (χ3v) is 6.71. The van der Waals surface area contributed by atoms with Crippen LogP contribution in [0.4, 0.5) is 5.69 Å². The summed E-state index contributed by atoms with van der Waals surface area (Å²) in [6, 6.07) is 19.6. The van der Waals surface area contributed by atoms with E-state index in [4.69, 9.17) is 28.5 Å². The number of aryl methyl sites for hydroxylation is 1. The number of para-hydroxylation sites is 1. The monoisotopic (exact) mass is 455 g/mol. The molecule has 4 N–H and O–H groups in total. The van der Waals surface area contributed by atoms with Crippen molar-refractivity contribution in [3.05, 3.63) is 89.0 Å². The largest absolute Gasteiger partial charge is 0.495 e. The van der Waals surface area contributed by atoms with Crippen molar-refractivity contribution >= 4 is 34.2 Å². The molecule has 0 heterocycles. The summed E-state index contributed by atoms with van der Waals surface area (Å²) in [4.78, 5) is 0.0836. The third-order valence-electron chi connectivity index (χ3n) is 4.87. The van der Waals surface area contributed by atoms with E-state index in [0.29, 0.717) is 17.7 Å². The van der Waals surface area contributed by atoms with Gasteiger partial charge in [0.1, 0.15) is 16.5 Å². The topological polar surface area (TPSA) is 105 Å². The van der Waals surface area contributed by atoms with Crippen LogP contribution in [0.25, 0.3) is 0 Å². The van der Waals surface area contributed by atoms with E-state index >= 15 is 0 Å². The summed E-state index contributed by atoms with van der Waals surface area (Å²) in [6.07, 6.45) is 0.577. The Morgan fingerprint density at radius 1 is 1.13 bits per heavy atom. The number of rotatable bonds is 8. The van der Waals surface area contributed by atoms with Crippen molar-refractivity contribution in [2.45, 2.75) is 23.5 Å². The molecule has 1 atom stereocenters. The Morgan fingerprint density at radius 3 is 2.45 bits per heavy atom. The van der Waals surface area contributed by atoms with Gasteiger partial charge in [0.05, 0.1) is 12.8 Å². The average molecular weight is 456 g/mol. The molecule has 0 radical (unpaired) electrons. The zero-order valence-electron chi connectivity index (χ0n) is 17.3. The molecule has 3 rings (SSSR count). The molecule has 31 heavy (non-hydrogen) atoms. The van der Waals surface area contributed by atoms with Crippen molar-refractivity contribution in [2.24, 2.45) is 5.73 Å². The second-order valence-corrected chi connectivity index (χ2v) is 9.45. The summed E-state index contributed by atoms with van der Waals surface area (Å²) >= 11 is 4.73. The zero-order valence-corrected chi connectivity index (χ0v) is 19.0. The standard InChI is InChI=1S/C23H25N3O3S2/c1-15-7-12-20(29-2)22(13-15)31(27,28)26-19-6-4-3-5-18(19)21(30)14-16-8-10-17(11-9-16)23(24)25/h3-13,21,26,30H,14H2,1-2H3,(H3,24,25). The molecular weight excluding hydrogens is 430 g/mol. The van der Waals surface area contributed by atoms with E-state index in [9.17, 15) is 8.42 Å². The molecule has 6 nitrogen and oxygen atoms in total. The quantitative estimate of drug-likeness (QED) is 0.231. The molecule has 3 aromatic rings. The molecule has 1 unspecified atom stereocenters. The lowest BCUT2D eigenvalue weighted by Crippen LogP contribution is -2.16. The lowest BCUT2D eigenvalue weighted by atomic mass is 10.0. The molecule has 162 valence electrons. The lowest BCUT2D eigenvalue weighted by Gasteiger charge is -2.18. The molecule has 0 aromatic heterocycles. The molecule has 0 fully saturated rings. The van der Waals surface area contributed by atoms with Gasteiger partial charge < -0.3 is 10.5 Å². The highest BCUT2D eigenvalue weighted by atomic mass is 32.2. The van der Waals surface area contributed by atoms with Gasteiger partial charge in [-0.3, -0.25) is 10.1 Å². The molecule has 0 aliphatic rings. The minimum atomic E-state index is -3.87. The van der Waals surface area contributed by atoms with Crippen LogP contribution in [0.3, 0.4) is 0 Å². The molecule has 0 aliphatic carbocycles. The fraction of sp³-hybridized carbons (Fsp3) is 0.174. The summed E-state index contributed by atoms with van der Waals surface area (Å²) in [6.45, 7) is 1.83. The second-order valence-electron chi connectivity index (χ2n) is 7.18. The first kappa shape index (κ1) is 22.7. The highest BCUT2D eigenvalue weighted by molar-refractivity contribution is 7.92. The molecule has 0 spiro atoms. The predicted octanol–water partition coefficient (Wildman–Crippen LogP) is 4.30. The van der Waals surface area contributed by atoms with Crippen molar-refractivity contribution in [1.82, 2.24) is 0 Å². The number of nitrogens with one attached hydrogen (secondary N) is 2. The molecule has 3 aromatic carbocycles. The molecule has 8 heteroatoms. The molecule has 0 aliphatic heterocycles. The molecule has 0 saturated carbocycles. The van der Waals surface area contributed by atoms with Crippen LogP contribution < -0.4 is 15.2 Å². The van der Waals surface area contributed by atoms with Gasteiger partial charge in [0.25, 0.3) is 10.0 Å². The minimum absolute atomic E-state index is 0.0142. The third kappa shape index (κ3) is 5.39. The number of hydrogen-bond acceptors (Lipinski definition) is 5. The van der Waals surface area contributed by atoms with Crippen molar-refractivity contribution in [3.63, 3.8) is 0 Å². The van der Waals surface area contributed by atoms with E-state index in [0.717, 1.165) is 16.7 Å². The summed E-state index contributed by atoms with van der Waals surface area (Å²) < 4.78 is 34.2. The Morgan fingerprint density at radius 2 is 1.81 bits per heavy atom. The summed E-state index contributed by atoms with van der Waals surface area (Å²) in [5.41, 5.74) is 9.20. The van der Waals surface area contributed by atoms with E-state index in [1.54, 1.807) is 42.5 Å². The Balaban J connectivity index is 1.88. The number of nitrogens with two attached hydrogens (primary N) is 1. The smallest absolute Gasteiger partial charge is 0.265 e. The van der Waals surface area contributed by atoms with Gasteiger partial charge in [-0.2, -0.15) is 12.6 Å². The number of anilines is 1. The molecule has 0 bridgehead atoms. The van der Waals surface area contributed by atoms with Crippen LogP contribution in [0.15, 0.2) is 71.6 Å². The zero-order chi connectivity index (χ0) is 22.6.